The summed E-state index contributed by atoms with van der Waals surface area (Å²) in [5, 5.41) is 8.20. The molecule has 0 aliphatic rings. The number of aromatic nitrogens is 2. The highest BCUT2D eigenvalue weighted by molar-refractivity contribution is 6.17. The molecular formula is C56H55N3O5. The summed E-state index contributed by atoms with van der Waals surface area (Å²) in [6, 6.07) is 42.0. The van der Waals surface area contributed by atoms with Crippen molar-refractivity contribution in [2.45, 2.75) is 85.5 Å². The van der Waals surface area contributed by atoms with Gasteiger partial charge in [0, 0.05) is 56.5 Å². The molecule has 0 radical (unpaired) electrons. The van der Waals surface area contributed by atoms with E-state index in [1.165, 1.54) is 19.8 Å². The molecule has 2 aromatic heterocycles. The normalized spacial score (nSPS) is 12.0. The number of oxime groups is 1. The van der Waals surface area contributed by atoms with Gasteiger partial charge >= 0.3 is 5.97 Å². The number of unbranched alkanes of at least 4 members (excludes halogenated alkanes) is 6. The Morgan fingerprint density at radius 1 is 0.594 bits per heavy atom. The summed E-state index contributed by atoms with van der Waals surface area (Å²) in [5.41, 5.74) is 9.14. The lowest BCUT2D eigenvalue weighted by Gasteiger charge is -2.11. The molecule has 324 valence electrons. The molecule has 0 bridgehead atoms. The van der Waals surface area contributed by atoms with E-state index in [1.54, 1.807) is 6.92 Å². The predicted octanol–water partition coefficient (Wildman–Crippen LogP) is 14.1. The fourth-order valence-electron chi connectivity index (χ4n) is 8.72. The number of Topliss-reactive ketones (excluding diaryl/α,β-unsaturated/α-hetero) is 1. The van der Waals surface area contributed by atoms with Crippen molar-refractivity contribution in [1.29, 1.82) is 0 Å². The maximum Gasteiger partial charge on any atom is 0.331 e. The van der Waals surface area contributed by atoms with Crippen LogP contribution in [0.25, 0.3) is 55.0 Å². The van der Waals surface area contributed by atoms with E-state index in [1.807, 2.05) is 103 Å². The molecule has 8 nitrogen and oxygen atoms in total. The number of hydrogen-bond acceptors (Lipinski definition) is 6. The van der Waals surface area contributed by atoms with E-state index in [0.29, 0.717) is 29.7 Å². The molecule has 8 heteroatoms. The van der Waals surface area contributed by atoms with Crippen LogP contribution in [0.4, 0.5) is 0 Å². The lowest BCUT2D eigenvalue weighted by molar-refractivity contribution is -0.140. The van der Waals surface area contributed by atoms with Crippen molar-refractivity contribution >= 4 is 66.9 Å². The average molecular weight is 850 g/mol. The van der Waals surface area contributed by atoms with Gasteiger partial charge in [-0.15, -0.1) is 0 Å². The number of carbonyl (C=O) groups excluding carboxylic acids is 3. The first-order valence-electron chi connectivity index (χ1n) is 22.6. The van der Waals surface area contributed by atoms with Crippen LogP contribution in [-0.4, -0.2) is 39.0 Å². The maximum atomic E-state index is 14.3. The minimum atomic E-state index is -0.454. The lowest BCUT2D eigenvalue weighted by atomic mass is 10.00. The summed E-state index contributed by atoms with van der Waals surface area (Å²) in [5.74, 6) is 0.296. The van der Waals surface area contributed by atoms with Crippen molar-refractivity contribution in [3.05, 3.63) is 162 Å². The molecule has 0 unspecified atom stereocenters. The first-order valence-corrected chi connectivity index (χ1v) is 22.6. The summed E-state index contributed by atoms with van der Waals surface area (Å²) in [7, 11) is 0. The van der Waals surface area contributed by atoms with Gasteiger partial charge in [-0.25, -0.2) is 4.79 Å². The molecule has 0 aliphatic carbocycles. The second-order valence-corrected chi connectivity index (χ2v) is 16.5. The van der Waals surface area contributed by atoms with Crippen molar-refractivity contribution < 1.29 is 24.0 Å². The quantitative estimate of drug-likeness (QED) is 0.0202. The summed E-state index contributed by atoms with van der Waals surface area (Å²) < 4.78 is 10.7. The number of benzene rings is 6. The largest absolute Gasteiger partial charge is 0.493 e. The smallest absolute Gasteiger partial charge is 0.331 e. The van der Waals surface area contributed by atoms with Crippen LogP contribution < -0.4 is 4.74 Å². The Morgan fingerprint density at radius 3 is 1.88 bits per heavy atom. The van der Waals surface area contributed by atoms with Gasteiger partial charge in [0.15, 0.2) is 11.6 Å². The zero-order valence-electron chi connectivity index (χ0n) is 37.2. The van der Waals surface area contributed by atoms with Gasteiger partial charge in [-0.05, 0) is 143 Å². The van der Waals surface area contributed by atoms with Gasteiger partial charge in [-0.1, -0.05) is 86.3 Å². The van der Waals surface area contributed by atoms with E-state index in [2.05, 4.69) is 64.6 Å². The minimum Gasteiger partial charge on any atom is -0.493 e. The Bertz CT molecular complexity index is 3040. The summed E-state index contributed by atoms with van der Waals surface area (Å²) in [4.78, 5) is 43.8. The molecule has 64 heavy (non-hydrogen) atoms. The SMILES string of the molecule is CC=CCCCCCCCC(=NOC(C)=O)c1ccc(-n2c3ccc(C(C)=O)cc3c3cc(C(=O)c4ccc(-n5c6ccccc6c6c(OCCCC)cccc65)cc4)ccc32)cc1. The number of ether oxygens (including phenoxy) is 1. The first-order chi connectivity index (χ1) is 31.3. The van der Waals surface area contributed by atoms with Crippen molar-refractivity contribution in [3.8, 4) is 17.1 Å². The number of para-hydroxylation sites is 1. The van der Waals surface area contributed by atoms with Gasteiger partial charge in [-0.3, -0.25) is 9.59 Å². The number of nitrogens with zero attached hydrogens (tertiary/aromatic N) is 3. The number of allylic oxidation sites excluding steroid dienone is 2. The molecule has 6 aromatic carbocycles. The van der Waals surface area contributed by atoms with Crippen LogP contribution >= 0.6 is 0 Å². The zero-order valence-corrected chi connectivity index (χ0v) is 37.2. The second-order valence-electron chi connectivity index (χ2n) is 16.5. The molecule has 8 aromatic rings. The van der Waals surface area contributed by atoms with Gasteiger partial charge in [0.05, 0.1) is 34.4 Å². The Balaban J connectivity index is 1.10. The summed E-state index contributed by atoms with van der Waals surface area (Å²) in [6.45, 7) is 7.81. The van der Waals surface area contributed by atoms with E-state index < -0.39 is 5.97 Å². The fraction of sp³-hybridized carbons (Fsp3) is 0.250. The molecule has 0 atom stereocenters. The van der Waals surface area contributed by atoms with Gasteiger partial charge < -0.3 is 18.7 Å². The Labute approximate surface area is 374 Å². The topological polar surface area (TPSA) is 91.9 Å². The third kappa shape index (κ3) is 9.18. The van der Waals surface area contributed by atoms with Crippen LogP contribution in [-0.2, 0) is 9.63 Å². The maximum absolute atomic E-state index is 14.3. The van der Waals surface area contributed by atoms with E-state index in [-0.39, 0.29) is 11.6 Å². The van der Waals surface area contributed by atoms with Gasteiger partial charge in [0.1, 0.15) is 5.75 Å². The number of fused-ring (bicyclic) bond motifs is 6. The number of hydrogen-bond donors (Lipinski definition) is 0. The predicted molar refractivity (Wildman–Crippen MR) is 261 cm³/mol. The number of ketones is 2. The fourth-order valence-corrected chi connectivity index (χ4v) is 8.72. The van der Waals surface area contributed by atoms with Crippen molar-refractivity contribution in [3.63, 3.8) is 0 Å². The first kappa shape index (κ1) is 43.6. The van der Waals surface area contributed by atoms with Crippen molar-refractivity contribution in [2.24, 2.45) is 5.16 Å². The van der Waals surface area contributed by atoms with Crippen LogP contribution in [0.15, 0.2) is 145 Å². The van der Waals surface area contributed by atoms with Crippen molar-refractivity contribution in [2.75, 3.05) is 6.61 Å². The molecule has 0 aliphatic heterocycles. The Morgan fingerprint density at radius 2 is 1.19 bits per heavy atom. The second kappa shape index (κ2) is 20.0. The molecule has 0 amide bonds. The third-order valence-electron chi connectivity index (χ3n) is 12.0. The standard InChI is InChI=1S/C56H55N3O5/c1-5-7-9-10-11-12-13-14-19-49(57-64-39(4)61)40-23-29-44(30-24-40)58-51-33-27-42(38(3)60)36-47(51)48-37-43(28-34-52(48)58)56(62)41-25-31-45(32-26-41)59-50-20-16-15-18-46(50)55-53(59)21-17-22-54(55)63-35-8-6-2/h5,7,15-18,20-34,36-37H,6,8-14,19,35H2,1-4H3. The molecule has 0 N–H and O–H groups in total. The average Bonchev–Trinajstić information content (AvgIpc) is 3.83. The number of carbonyl (C=O) groups is 3. The van der Waals surface area contributed by atoms with Crippen LogP contribution in [0.3, 0.4) is 0 Å². The minimum absolute atomic E-state index is 0.0313. The van der Waals surface area contributed by atoms with Gasteiger partial charge in [-0.2, -0.15) is 0 Å². The van der Waals surface area contributed by atoms with E-state index in [9.17, 15) is 14.4 Å². The molecule has 0 spiro atoms. The molecule has 8 rings (SSSR count). The monoisotopic (exact) mass is 849 g/mol. The zero-order chi connectivity index (χ0) is 44.6. The summed E-state index contributed by atoms with van der Waals surface area (Å²) >= 11 is 0. The van der Waals surface area contributed by atoms with Crippen LogP contribution in [0.2, 0.25) is 0 Å². The van der Waals surface area contributed by atoms with Gasteiger partial charge in [0.2, 0.25) is 0 Å². The van der Waals surface area contributed by atoms with Crippen LogP contribution in [0.5, 0.6) is 5.75 Å². The highest BCUT2D eigenvalue weighted by Gasteiger charge is 2.20. The van der Waals surface area contributed by atoms with Crippen molar-refractivity contribution in [1.82, 2.24) is 9.13 Å². The molecule has 0 fully saturated rings. The molecule has 2 heterocycles. The van der Waals surface area contributed by atoms with Crippen LogP contribution in [0, 0.1) is 0 Å². The highest BCUT2D eigenvalue weighted by Crippen LogP contribution is 2.38. The number of rotatable bonds is 19. The molecule has 0 saturated carbocycles. The third-order valence-corrected chi connectivity index (χ3v) is 12.0. The summed E-state index contributed by atoms with van der Waals surface area (Å²) in [6.07, 6.45) is 13.7. The van der Waals surface area contributed by atoms with Gasteiger partial charge in [0.25, 0.3) is 0 Å². The van der Waals surface area contributed by atoms with E-state index in [4.69, 9.17) is 9.57 Å². The van der Waals surface area contributed by atoms with E-state index >= 15 is 0 Å². The van der Waals surface area contributed by atoms with E-state index in [0.717, 1.165) is 111 Å². The molecule has 0 saturated heterocycles. The molecular weight excluding hydrogens is 795 g/mol. The highest BCUT2D eigenvalue weighted by atomic mass is 16.7. The van der Waals surface area contributed by atoms with Crippen LogP contribution in [0.1, 0.15) is 117 Å². The Hall–Kier alpha value is -7.06. The Kier molecular flexibility index (Phi) is 13.6. The lowest BCUT2D eigenvalue weighted by Crippen LogP contribution is -2.05.